The number of aldehydes is 1. The molecular weight excluding hydrogens is 264 g/mol. The van der Waals surface area contributed by atoms with E-state index in [4.69, 9.17) is 0 Å². The summed E-state index contributed by atoms with van der Waals surface area (Å²) in [5, 5.41) is 2.66. The zero-order valence-electron chi connectivity index (χ0n) is 12.9. The summed E-state index contributed by atoms with van der Waals surface area (Å²) in [5.74, 6) is 0.0173. The maximum Gasteiger partial charge on any atom is 0.220 e. The Labute approximate surface area is 127 Å². The van der Waals surface area contributed by atoms with Gasteiger partial charge in [-0.05, 0) is 36.9 Å². The van der Waals surface area contributed by atoms with Crippen molar-refractivity contribution in [1.29, 1.82) is 0 Å². The third kappa shape index (κ3) is 5.31. The summed E-state index contributed by atoms with van der Waals surface area (Å²) in [6.45, 7) is 10.1. The Balaban J connectivity index is 2.63. The molecule has 0 spiro atoms. The summed E-state index contributed by atoms with van der Waals surface area (Å²) in [4.78, 5) is 25.0. The minimum absolute atomic E-state index is 0.0173. The fourth-order valence-corrected chi connectivity index (χ4v) is 2.84. The van der Waals surface area contributed by atoms with Crippen LogP contribution < -0.4 is 5.32 Å². The van der Waals surface area contributed by atoms with Crippen LogP contribution in [0.4, 0.5) is 0 Å². The topological polar surface area (TPSA) is 49.4 Å². The molecule has 0 saturated carbocycles. The van der Waals surface area contributed by atoms with Crippen LogP contribution in [-0.4, -0.2) is 43.8 Å². The monoisotopic (exact) mass is 290 g/mol. The first-order chi connectivity index (χ1) is 10.1. The van der Waals surface area contributed by atoms with Crippen LogP contribution in [0.3, 0.4) is 0 Å². The average molecular weight is 290 g/mol. The van der Waals surface area contributed by atoms with Crippen molar-refractivity contribution in [3.8, 4) is 0 Å². The molecule has 1 fully saturated rings. The van der Waals surface area contributed by atoms with Crippen molar-refractivity contribution in [2.75, 3.05) is 26.7 Å². The van der Waals surface area contributed by atoms with Gasteiger partial charge in [0.15, 0.2) is 0 Å². The van der Waals surface area contributed by atoms with E-state index < -0.39 is 0 Å². The lowest BCUT2D eigenvalue weighted by molar-refractivity contribution is -0.124. The van der Waals surface area contributed by atoms with E-state index in [1.54, 1.807) is 13.1 Å². The van der Waals surface area contributed by atoms with Gasteiger partial charge < -0.3 is 10.1 Å². The summed E-state index contributed by atoms with van der Waals surface area (Å²) in [7, 11) is 1.64. The highest BCUT2D eigenvalue weighted by Crippen LogP contribution is 2.37. The molecule has 1 aliphatic heterocycles. The van der Waals surface area contributed by atoms with Gasteiger partial charge in [0.1, 0.15) is 6.29 Å². The molecule has 0 bridgehead atoms. The number of hydrogen-bond donors (Lipinski definition) is 1. The number of allylic oxidation sites excluding steroid dienone is 2. The predicted molar refractivity (Wildman–Crippen MR) is 85.9 cm³/mol. The number of amides is 1. The third-order valence-corrected chi connectivity index (χ3v) is 4.25. The molecule has 4 heteroatoms. The van der Waals surface area contributed by atoms with Crippen molar-refractivity contribution < 1.29 is 9.59 Å². The van der Waals surface area contributed by atoms with E-state index in [1.807, 2.05) is 12.2 Å². The van der Waals surface area contributed by atoms with Crippen LogP contribution in [0.15, 0.2) is 37.0 Å². The zero-order valence-corrected chi connectivity index (χ0v) is 12.9. The van der Waals surface area contributed by atoms with Gasteiger partial charge in [0.2, 0.25) is 5.91 Å². The molecule has 0 aromatic rings. The number of nitrogens with zero attached hydrogens (tertiary/aromatic N) is 1. The van der Waals surface area contributed by atoms with Gasteiger partial charge in [-0.15, -0.1) is 0 Å². The normalized spacial score (nSPS) is 18.8. The Morgan fingerprint density at radius 3 is 2.48 bits per heavy atom. The minimum atomic E-state index is -0.172. The Kier molecular flexibility index (Phi) is 7.09. The average Bonchev–Trinajstić information content (AvgIpc) is 2.49. The van der Waals surface area contributed by atoms with Gasteiger partial charge in [-0.2, -0.15) is 0 Å². The second-order valence-electron chi connectivity index (χ2n) is 5.68. The second kappa shape index (κ2) is 8.57. The zero-order chi connectivity index (χ0) is 15.7. The number of carbonyl (C=O) groups excluding carboxylic acids is 2. The number of nitrogens with one attached hydrogen (secondary N) is 1. The largest absolute Gasteiger partial charge is 0.359 e. The Bertz CT molecular complexity index is 419. The summed E-state index contributed by atoms with van der Waals surface area (Å²) >= 11 is 0. The van der Waals surface area contributed by atoms with Gasteiger partial charge in [-0.1, -0.05) is 31.4 Å². The highest BCUT2D eigenvalue weighted by Gasteiger charge is 2.35. The summed E-state index contributed by atoms with van der Waals surface area (Å²) in [6, 6.07) is 0. The number of piperidine rings is 1. The molecule has 1 amide bonds. The summed E-state index contributed by atoms with van der Waals surface area (Å²) in [5.41, 5.74) is 0.966. The number of rotatable bonds is 8. The van der Waals surface area contributed by atoms with E-state index in [0.717, 1.165) is 44.3 Å². The predicted octanol–water partition coefficient (Wildman–Crippen LogP) is 2.09. The third-order valence-electron chi connectivity index (χ3n) is 4.25. The first-order valence-electron chi connectivity index (χ1n) is 7.40. The Morgan fingerprint density at radius 1 is 1.33 bits per heavy atom. The van der Waals surface area contributed by atoms with E-state index in [9.17, 15) is 9.59 Å². The van der Waals surface area contributed by atoms with Crippen LogP contribution in [-0.2, 0) is 9.59 Å². The maximum atomic E-state index is 11.7. The lowest BCUT2D eigenvalue weighted by Gasteiger charge is -2.40. The molecule has 0 atom stereocenters. The fraction of sp³-hybridized carbons (Fsp3) is 0.529. The van der Waals surface area contributed by atoms with Crippen molar-refractivity contribution in [2.24, 2.45) is 5.41 Å². The van der Waals surface area contributed by atoms with Gasteiger partial charge in [0.05, 0.1) is 0 Å². The molecule has 0 radical (unpaired) electrons. The molecule has 1 heterocycles. The number of carbonyl (C=O) groups is 2. The second-order valence-corrected chi connectivity index (χ2v) is 5.68. The first-order valence-corrected chi connectivity index (χ1v) is 7.40. The van der Waals surface area contributed by atoms with E-state index in [1.165, 1.54) is 0 Å². The van der Waals surface area contributed by atoms with Crippen LogP contribution >= 0.6 is 0 Å². The van der Waals surface area contributed by atoms with Gasteiger partial charge in [0.25, 0.3) is 0 Å². The maximum absolute atomic E-state index is 11.7. The lowest BCUT2D eigenvalue weighted by Crippen LogP contribution is -2.43. The molecule has 0 aliphatic carbocycles. The Hall–Kier alpha value is -1.68. The SMILES string of the molecule is C=C/C=C(\C=C)CN1CCC(CC=O)(CC(=O)NC)CC1. The van der Waals surface area contributed by atoms with Crippen molar-refractivity contribution in [3.63, 3.8) is 0 Å². The molecule has 0 aromatic heterocycles. The molecule has 116 valence electrons. The number of likely N-dealkylation sites (tertiary alicyclic amines) is 1. The van der Waals surface area contributed by atoms with Gasteiger partial charge in [-0.25, -0.2) is 0 Å². The Morgan fingerprint density at radius 2 is 2.00 bits per heavy atom. The van der Waals surface area contributed by atoms with Crippen LogP contribution in [0.2, 0.25) is 0 Å². The molecule has 1 rings (SSSR count). The summed E-state index contributed by atoms with van der Waals surface area (Å²) < 4.78 is 0. The number of hydrogen-bond acceptors (Lipinski definition) is 3. The molecule has 21 heavy (non-hydrogen) atoms. The van der Waals surface area contributed by atoms with Gasteiger partial charge >= 0.3 is 0 Å². The van der Waals surface area contributed by atoms with Crippen molar-refractivity contribution >= 4 is 12.2 Å². The van der Waals surface area contributed by atoms with E-state index in [-0.39, 0.29) is 11.3 Å². The van der Waals surface area contributed by atoms with Crippen LogP contribution in [0.1, 0.15) is 25.7 Å². The molecular formula is C17H26N2O2. The van der Waals surface area contributed by atoms with E-state index in [0.29, 0.717) is 12.8 Å². The molecule has 4 nitrogen and oxygen atoms in total. The fourth-order valence-electron chi connectivity index (χ4n) is 2.84. The van der Waals surface area contributed by atoms with Gasteiger partial charge in [-0.3, -0.25) is 9.69 Å². The smallest absolute Gasteiger partial charge is 0.220 e. The van der Waals surface area contributed by atoms with Crippen molar-refractivity contribution in [2.45, 2.75) is 25.7 Å². The van der Waals surface area contributed by atoms with Crippen molar-refractivity contribution in [3.05, 3.63) is 37.0 Å². The molecule has 1 N–H and O–H groups in total. The first kappa shape index (κ1) is 17.4. The highest BCUT2D eigenvalue weighted by molar-refractivity contribution is 5.76. The van der Waals surface area contributed by atoms with Crippen LogP contribution in [0.5, 0.6) is 0 Å². The van der Waals surface area contributed by atoms with E-state index >= 15 is 0 Å². The van der Waals surface area contributed by atoms with E-state index in [2.05, 4.69) is 23.4 Å². The van der Waals surface area contributed by atoms with Crippen LogP contribution in [0, 0.1) is 5.41 Å². The molecule has 1 saturated heterocycles. The van der Waals surface area contributed by atoms with Crippen molar-refractivity contribution in [1.82, 2.24) is 10.2 Å². The van der Waals surface area contributed by atoms with Crippen LogP contribution in [0.25, 0.3) is 0 Å². The van der Waals surface area contributed by atoms with Gasteiger partial charge in [0, 0.05) is 26.4 Å². The minimum Gasteiger partial charge on any atom is -0.359 e. The lowest BCUT2D eigenvalue weighted by atomic mass is 9.73. The molecule has 1 aliphatic rings. The quantitative estimate of drug-likeness (QED) is 0.550. The standard InChI is InChI=1S/C17H26N2O2/c1-4-6-15(5-2)14-19-10-7-17(8-11-19,9-12-20)13-16(21)18-3/h4-6,12H,1-2,7-11,13-14H2,3H3,(H,18,21)/b15-6+. The molecule has 0 unspecified atom stereocenters. The summed E-state index contributed by atoms with van der Waals surface area (Å²) in [6.07, 6.45) is 9.17. The highest BCUT2D eigenvalue weighted by atomic mass is 16.1. The molecule has 0 aromatic carbocycles.